The van der Waals surface area contributed by atoms with Gasteiger partial charge in [-0.2, -0.15) is 10.4 Å². The second-order valence-corrected chi connectivity index (χ2v) is 28.7. The summed E-state index contributed by atoms with van der Waals surface area (Å²) in [4.78, 5) is 18.6. The van der Waals surface area contributed by atoms with Crippen LogP contribution in [0.1, 0.15) is 49.9 Å². The SMILES string of the molecule is C[C@@H](C(=O)Nc1cc(C#N)c2nc(-c3nn(COCC[Si](C)(C)C)c4c3C[C@@H]3C[C@]3(C)C4)n(COCC[Si](C)(C)C)c2c1)C1CCOCC1. The molecule has 1 aliphatic heterocycles. The van der Waals surface area contributed by atoms with Gasteiger partial charge in [0, 0.05) is 65.4 Å². The van der Waals surface area contributed by atoms with Gasteiger partial charge in [0.25, 0.3) is 0 Å². The molecule has 3 heterocycles. The third kappa shape index (κ3) is 8.23. The second kappa shape index (κ2) is 14.1. The number of nitrogens with one attached hydrogen (secondary N) is 1. The van der Waals surface area contributed by atoms with E-state index in [2.05, 4.69) is 66.8 Å². The summed E-state index contributed by atoms with van der Waals surface area (Å²) in [5.74, 6) is 1.43. The van der Waals surface area contributed by atoms with Crippen molar-refractivity contribution in [3.8, 4) is 17.6 Å². The molecule has 1 aromatic carbocycles. The molecule has 2 aromatic heterocycles. The van der Waals surface area contributed by atoms with E-state index in [1.165, 1.54) is 17.7 Å². The molecule has 0 radical (unpaired) electrons. The highest BCUT2D eigenvalue weighted by atomic mass is 28.3. The topological polar surface area (TPSA) is 116 Å². The van der Waals surface area contributed by atoms with Gasteiger partial charge in [0.05, 0.1) is 11.1 Å². The van der Waals surface area contributed by atoms with E-state index in [4.69, 9.17) is 24.3 Å². The minimum Gasteiger partial charge on any atom is -0.381 e. The van der Waals surface area contributed by atoms with Gasteiger partial charge in [-0.15, -0.1) is 0 Å². The Morgan fingerprint density at radius 3 is 2.43 bits per heavy atom. The molecule has 2 aliphatic carbocycles. The zero-order chi connectivity index (χ0) is 35.1. The summed E-state index contributed by atoms with van der Waals surface area (Å²) >= 11 is 0. The van der Waals surface area contributed by atoms with E-state index in [1.54, 1.807) is 6.07 Å². The number of benzene rings is 1. The molecule has 3 atom stereocenters. The van der Waals surface area contributed by atoms with Crippen molar-refractivity contribution in [2.75, 3.05) is 31.7 Å². The minimum absolute atomic E-state index is 0.0396. The number of anilines is 1. The van der Waals surface area contributed by atoms with E-state index in [1.807, 2.05) is 13.0 Å². The molecule has 0 spiro atoms. The first-order valence-electron chi connectivity index (χ1n) is 18.2. The smallest absolute Gasteiger partial charge is 0.227 e. The van der Waals surface area contributed by atoms with Crippen molar-refractivity contribution < 1.29 is 19.0 Å². The number of carbonyl (C=O) groups is 1. The molecule has 10 nitrogen and oxygen atoms in total. The van der Waals surface area contributed by atoms with Crippen LogP contribution in [0.4, 0.5) is 5.69 Å². The lowest BCUT2D eigenvalue weighted by atomic mass is 9.86. The molecule has 2 fully saturated rings. The van der Waals surface area contributed by atoms with Crippen molar-refractivity contribution >= 4 is 38.8 Å². The number of imidazole rings is 1. The van der Waals surface area contributed by atoms with Gasteiger partial charge < -0.3 is 19.5 Å². The zero-order valence-electron chi connectivity index (χ0n) is 30.9. The van der Waals surface area contributed by atoms with Gasteiger partial charge >= 0.3 is 0 Å². The van der Waals surface area contributed by atoms with Crippen molar-refractivity contribution in [1.29, 1.82) is 5.26 Å². The lowest BCUT2D eigenvalue weighted by Gasteiger charge is -2.27. The molecular weight excluding hydrogens is 649 g/mol. The Morgan fingerprint density at radius 2 is 1.78 bits per heavy atom. The van der Waals surface area contributed by atoms with Crippen molar-refractivity contribution in [2.45, 2.75) is 111 Å². The predicted molar refractivity (Wildman–Crippen MR) is 199 cm³/mol. The molecule has 3 aliphatic rings. The summed E-state index contributed by atoms with van der Waals surface area (Å²) in [6.07, 6.45) is 4.92. The molecule has 1 N–H and O–H groups in total. The first-order valence-corrected chi connectivity index (χ1v) is 25.6. The number of rotatable bonds is 14. The first kappa shape index (κ1) is 36.0. The van der Waals surface area contributed by atoms with E-state index >= 15 is 0 Å². The first-order chi connectivity index (χ1) is 23.2. The largest absolute Gasteiger partial charge is 0.381 e. The van der Waals surface area contributed by atoms with Gasteiger partial charge in [0.15, 0.2) is 5.82 Å². The summed E-state index contributed by atoms with van der Waals surface area (Å²) in [6.45, 7) is 22.0. The van der Waals surface area contributed by atoms with Crippen LogP contribution in [0.2, 0.25) is 51.4 Å². The van der Waals surface area contributed by atoms with Gasteiger partial charge in [-0.25, -0.2) is 9.67 Å². The maximum atomic E-state index is 13.5. The lowest BCUT2D eigenvalue weighted by Crippen LogP contribution is -2.31. The molecule has 49 heavy (non-hydrogen) atoms. The monoisotopic (exact) mass is 704 g/mol. The highest BCUT2D eigenvalue weighted by Crippen LogP contribution is 2.60. The molecule has 6 rings (SSSR count). The lowest BCUT2D eigenvalue weighted by molar-refractivity contribution is -0.122. The van der Waals surface area contributed by atoms with Gasteiger partial charge in [-0.3, -0.25) is 9.36 Å². The van der Waals surface area contributed by atoms with Crippen molar-refractivity contribution in [3.05, 3.63) is 29.0 Å². The molecule has 12 heteroatoms. The van der Waals surface area contributed by atoms with Gasteiger partial charge in [0.2, 0.25) is 5.91 Å². The Morgan fingerprint density at radius 1 is 1.10 bits per heavy atom. The fourth-order valence-corrected chi connectivity index (χ4v) is 8.86. The molecular formula is C37H56N6O4Si2. The van der Waals surface area contributed by atoms with Crippen molar-refractivity contribution in [2.24, 2.45) is 23.2 Å². The van der Waals surface area contributed by atoms with Crippen LogP contribution in [0.25, 0.3) is 22.6 Å². The van der Waals surface area contributed by atoms with Crippen molar-refractivity contribution in [1.82, 2.24) is 19.3 Å². The number of fused-ring (bicyclic) bond motifs is 3. The quantitative estimate of drug-likeness (QED) is 0.136. The average Bonchev–Trinajstić information content (AvgIpc) is 3.40. The molecule has 0 unspecified atom stereocenters. The van der Waals surface area contributed by atoms with E-state index in [-0.39, 0.29) is 24.5 Å². The normalized spacial score (nSPS) is 21.7. The number of amides is 1. The van der Waals surface area contributed by atoms with Gasteiger partial charge in [-0.1, -0.05) is 53.1 Å². The van der Waals surface area contributed by atoms with Crippen LogP contribution in [-0.2, 0) is 45.3 Å². The van der Waals surface area contributed by atoms with E-state index in [9.17, 15) is 10.1 Å². The third-order valence-electron chi connectivity index (χ3n) is 11.0. The fourth-order valence-electron chi connectivity index (χ4n) is 7.34. The highest BCUT2D eigenvalue weighted by Gasteiger charge is 2.54. The van der Waals surface area contributed by atoms with E-state index < -0.39 is 16.1 Å². The molecule has 266 valence electrons. The van der Waals surface area contributed by atoms with Crippen LogP contribution in [-0.4, -0.2) is 67.8 Å². The standard InChI is InChI=1S/C37H56N6O4Si2/c1-25(26-9-11-45-12-10-26)36(44)39-29-17-27(22-38)33-31(19-29)42(23-46-13-15-48(3,4)5)35(40-33)34-30-18-28-20-37(28,2)21-32(30)43(41-34)24-47-14-16-49(6,7)8/h17,19,25-26,28H,9-16,18,20-21,23-24H2,1-8H3,(H,39,44)/t25-,28-,37-/m1/s1. The van der Waals surface area contributed by atoms with Crippen LogP contribution in [0.3, 0.4) is 0 Å². The van der Waals surface area contributed by atoms with Crippen LogP contribution in [0.5, 0.6) is 0 Å². The van der Waals surface area contributed by atoms with Crippen LogP contribution in [0, 0.1) is 34.5 Å². The number of ether oxygens (including phenoxy) is 3. The summed E-state index contributed by atoms with van der Waals surface area (Å²) in [6, 6.07) is 8.22. The summed E-state index contributed by atoms with van der Waals surface area (Å²) in [5, 5.41) is 18.7. The molecule has 1 saturated heterocycles. The highest BCUT2D eigenvalue weighted by molar-refractivity contribution is 6.76. The number of nitriles is 1. The Labute approximate surface area is 293 Å². The molecule has 0 bridgehead atoms. The zero-order valence-corrected chi connectivity index (χ0v) is 32.9. The number of nitrogens with zero attached hydrogens (tertiary/aromatic N) is 5. The number of aromatic nitrogens is 4. The summed E-state index contributed by atoms with van der Waals surface area (Å²) < 4.78 is 22.3. The minimum atomic E-state index is -1.31. The third-order valence-corrected chi connectivity index (χ3v) is 14.4. The number of hydrogen-bond acceptors (Lipinski definition) is 7. The molecule has 1 saturated carbocycles. The fraction of sp³-hybridized carbons (Fsp3) is 0.676. The summed E-state index contributed by atoms with van der Waals surface area (Å²) in [5.41, 5.74) is 6.04. The molecule has 3 aromatic rings. The van der Waals surface area contributed by atoms with E-state index in [0.29, 0.717) is 60.5 Å². The van der Waals surface area contributed by atoms with Crippen LogP contribution in [0.15, 0.2) is 12.1 Å². The van der Waals surface area contributed by atoms with Crippen LogP contribution < -0.4 is 5.32 Å². The Balaban J connectivity index is 1.38. The maximum Gasteiger partial charge on any atom is 0.227 e. The van der Waals surface area contributed by atoms with Crippen LogP contribution >= 0.6 is 0 Å². The van der Waals surface area contributed by atoms with Crippen molar-refractivity contribution in [3.63, 3.8) is 0 Å². The van der Waals surface area contributed by atoms with Gasteiger partial charge in [0.1, 0.15) is 30.7 Å². The molecule has 1 amide bonds. The predicted octanol–water partition coefficient (Wildman–Crippen LogP) is 7.52. The van der Waals surface area contributed by atoms with Gasteiger partial charge in [-0.05, 0) is 73.6 Å². The maximum absolute atomic E-state index is 13.5. The Kier molecular flexibility index (Phi) is 10.3. The van der Waals surface area contributed by atoms with E-state index in [0.717, 1.165) is 55.6 Å². The number of hydrogen-bond donors (Lipinski definition) is 1. The Hall–Kier alpha value is -2.83. The summed E-state index contributed by atoms with van der Waals surface area (Å²) in [7, 11) is -2.53. The number of carbonyl (C=O) groups excluding carboxylic acids is 1. The second-order valence-electron chi connectivity index (χ2n) is 17.5. The Bertz CT molecular complexity index is 1730. The average molecular weight is 705 g/mol.